The van der Waals surface area contributed by atoms with Gasteiger partial charge in [0.05, 0.1) is 13.2 Å². The first kappa shape index (κ1) is 20.9. The third-order valence-electron chi connectivity index (χ3n) is 7.13. The maximum Gasteiger partial charge on any atom is 0.326 e. The average molecular weight is 460 g/mol. The van der Waals surface area contributed by atoms with Gasteiger partial charge in [0.15, 0.2) is 0 Å². The largest absolute Gasteiger partial charge is 0.380 e. The molecule has 2 saturated heterocycles. The minimum absolute atomic E-state index is 0.213. The summed E-state index contributed by atoms with van der Waals surface area (Å²) in [5.74, 6) is -0.538. The Labute approximate surface area is 196 Å². The number of piperidine rings is 1. The molecular weight excluding hydrogens is 436 g/mol. The molecule has 174 valence electrons. The van der Waals surface area contributed by atoms with Gasteiger partial charge < -0.3 is 15.0 Å². The van der Waals surface area contributed by atoms with E-state index in [1.165, 1.54) is 16.0 Å². The van der Waals surface area contributed by atoms with Crippen molar-refractivity contribution < 1.29 is 23.9 Å². The summed E-state index contributed by atoms with van der Waals surface area (Å²) < 4.78 is 5.29. The van der Waals surface area contributed by atoms with E-state index in [0.29, 0.717) is 30.1 Å². The van der Waals surface area contributed by atoms with Crippen molar-refractivity contribution in [3.8, 4) is 0 Å². The summed E-state index contributed by atoms with van der Waals surface area (Å²) in [5, 5.41) is 5.26. The molecule has 2 aromatic carbocycles. The predicted octanol–water partition coefficient (Wildman–Crippen LogP) is 2.16. The molecule has 2 N–H and O–H groups in total. The fourth-order valence-corrected chi connectivity index (χ4v) is 5.16. The van der Waals surface area contributed by atoms with Crippen molar-refractivity contribution in [2.24, 2.45) is 0 Å². The smallest absolute Gasteiger partial charge is 0.326 e. The van der Waals surface area contributed by atoms with Gasteiger partial charge in [-0.2, -0.15) is 0 Å². The van der Waals surface area contributed by atoms with Crippen molar-refractivity contribution in [2.75, 3.05) is 30.0 Å². The first-order valence-corrected chi connectivity index (χ1v) is 11.5. The number of carbonyl (C=O) groups is 4. The number of urea groups is 1. The van der Waals surface area contributed by atoms with Crippen LogP contribution in [0.4, 0.5) is 16.2 Å². The summed E-state index contributed by atoms with van der Waals surface area (Å²) in [5.41, 5.74) is 5.21. The van der Waals surface area contributed by atoms with E-state index in [1.54, 1.807) is 23.1 Å². The summed E-state index contributed by atoms with van der Waals surface area (Å²) in [7, 11) is 0. The Bertz CT molecular complexity index is 1240. The molecule has 4 aliphatic heterocycles. The highest BCUT2D eigenvalue weighted by Crippen LogP contribution is 2.34. The standard InChI is InChI=1S/C25H24N4O5/c30-22-6-5-21(23(31)27-22)29-11-16-10-18(2-3-19(16)24(29)32)26-25(33)28-8-7-15-9-14(1-4-20(15)28)17-12-34-13-17/h1-4,9-10,17,21H,5-8,11-13H2,(H,26,33)(H,27,30,31). The van der Waals surface area contributed by atoms with Gasteiger partial charge in [-0.1, -0.05) is 12.1 Å². The lowest BCUT2D eigenvalue weighted by molar-refractivity contribution is -0.136. The molecule has 1 unspecified atom stereocenters. The second-order valence-corrected chi connectivity index (χ2v) is 9.23. The van der Waals surface area contributed by atoms with E-state index in [-0.39, 0.29) is 30.8 Å². The van der Waals surface area contributed by atoms with Crippen LogP contribution in [0.1, 0.15) is 45.8 Å². The summed E-state index contributed by atoms with van der Waals surface area (Å²) in [6, 6.07) is 10.6. The van der Waals surface area contributed by atoms with Crippen LogP contribution in [-0.4, -0.2) is 54.5 Å². The number of ether oxygens (including phenoxy) is 1. The van der Waals surface area contributed by atoms with Crippen molar-refractivity contribution >= 4 is 35.1 Å². The van der Waals surface area contributed by atoms with Crippen molar-refractivity contribution in [2.45, 2.75) is 37.8 Å². The Kier molecular flexibility index (Phi) is 4.88. The fourth-order valence-electron chi connectivity index (χ4n) is 5.16. The Balaban J connectivity index is 1.16. The number of rotatable bonds is 3. The normalized spacial score (nSPS) is 21.8. The van der Waals surface area contributed by atoms with E-state index >= 15 is 0 Å². The number of hydrogen-bond donors (Lipinski definition) is 2. The zero-order valence-corrected chi connectivity index (χ0v) is 18.5. The molecule has 0 bridgehead atoms. The monoisotopic (exact) mass is 460 g/mol. The highest BCUT2D eigenvalue weighted by Gasteiger charge is 2.39. The molecule has 6 rings (SSSR count). The highest BCUT2D eigenvalue weighted by atomic mass is 16.5. The minimum Gasteiger partial charge on any atom is -0.380 e. The molecule has 0 aliphatic carbocycles. The number of benzene rings is 2. The van der Waals surface area contributed by atoms with Crippen LogP contribution in [0.15, 0.2) is 36.4 Å². The quantitative estimate of drug-likeness (QED) is 0.683. The van der Waals surface area contributed by atoms with Crippen LogP contribution in [0.5, 0.6) is 0 Å². The molecule has 4 aliphatic rings. The Morgan fingerprint density at radius 2 is 1.88 bits per heavy atom. The molecule has 1 atom stereocenters. The zero-order chi connectivity index (χ0) is 23.4. The minimum atomic E-state index is -0.659. The van der Waals surface area contributed by atoms with Gasteiger partial charge >= 0.3 is 6.03 Å². The molecule has 0 saturated carbocycles. The number of imide groups is 1. The molecule has 0 aromatic heterocycles. The molecule has 4 heterocycles. The van der Waals surface area contributed by atoms with Gasteiger partial charge in [-0.25, -0.2) is 4.79 Å². The van der Waals surface area contributed by atoms with E-state index in [2.05, 4.69) is 22.8 Å². The molecule has 34 heavy (non-hydrogen) atoms. The number of amides is 5. The van der Waals surface area contributed by atoms with Gasteiger partial charge in [-0.05, 0) is 53.8 Å². The van der Waals surface area contributed by atoms with E-state index in [1.807, 2.05) is 6.07 Å². The Morgan fingerprint density at radius 3 is 2.65 bits per heavy atom. The average Bonchev–Trinajstić information content (AvgIpc) is 3.33. The lowest BCUT2D eigenvalue weighted by Crippen LogP contribution is -2.52. The third kappa shape index (κ3) is 3.43. The molecule has 0 radical (unpaired) electrons. The van der Waals surface area contributed by atoms with Crippen molar-refractivity contribution in [1.29, 1.82) is 0 Å². The first-order valence-electron chi connectivity index (χ1n) is 11.5. The van der Waals surface area contributed by atoms with E-state index in [9.17, 15) is 19.2 Å². The maximum absolute atomic E-state index is 13.0. The topological polar surface area (TPSA) is 108 Å². The molecule has 9 nitrogen and oxygen atoms in total. The van der Waals surface area contributed by atoms with Crippen molar-refractivity contribution in [1.82, 2.24) is 10.2 Å². The maximum atomic E-state index is 13.0. The summed E-state index contributed by atoms with van der Waals surface area (Å²) in [6.45, 7) is 2.39. The summed E-state index contributed by atoms with van der Waals surface area (Å²) in [6.07, 6.45) is 1.34. The van der Waals surface area contributed by atoms with Gasteiger partial charge in [0.2, 0.25) is 11.8 Å². The van der Waals surface area contributed by atoms with Crippen LogP contribution in [0.2, 0.25) is 0 Å². The van der Waals surface area contributed by atoms with Crippen LogP contribution in [0.3, 0.4) is 0 Å². The number of nitrogens with one attached hydrogen (secondary N) is 2. The van der Waals surface area contributed by atoms with E-state index in [4.69, 9.17) is 4.74 Å². The second-order valence-electron chi connectivity index (χ2n) is 9.23. The van der Waals surface area contributed by atoms with Crippen LogP contribution in [-0.2, 0) is 27.3 Å². The molecule has 2 aromatic rings. The number of nitrogens with zero attached hydrogens (tertiary/aromatic N) is 2. The van der Waals surface area contributed by atoms with Gasteiger partial charge in [0.1, 0.15) is 6.04 Å². The lowest BCUT2D eigenvalue weighted by Gasteiger charge is -2.29. The van der Waals surface area contributed by atoms with Crippen LogP contribution in [0.25, 0.3) is 0 Å². The number of hydrogen-bond acceptors (Lipinski definition) is 5. The zero-order valence-electron chi connectivity index (χ0n) is 18.5. The number of fused-ring (bicyclic) bond motifs is 2. The first-order chi connectivity index (χ1) is 16.5. The molecule has 0 spiro atoms. The predicted molar refractivity (Wildman–Crippen MR) is 123 cm³/mol. The number of anilines is 2. The lowest BCUT2D eigenvalue weighted by atomic mass is 9.95. The molecule has 5 amide bonds. The summed E-state index contributed by atoms with van der Waals surface area (Å²) >= 11 is 0. The van der Waals surface area contributed by atoms with Gasteiger partial charge in [-0.3, -0.25) is 24.6 Å². The van der Waals surface area contributed by atoms with Crippen LogP contribution < -0.4 is 15.5 Å². The third-order valence-corrected chi connectivity index (χ3v) is 7.13. The molecule has 9 heteroatoms. The van der Waals surface area contributed by atoms with Crippen LogP contribution in [0, 0.1) is 0 Å². The second kappa shape index (κ2) is 7.95. The van der Waals surface area contributed by atoms with E-state index < -0.39 is 11.9 Å². The van der Waals surface area contributed by atoms with Gasteiger partial charge in [0, 0.05) is 42.4 Å². The van der Waals surface area contributed by atoms with Crippen molar-refractivity contribution in [3.05, 3.63) is 58.7 Å². The van der Waals surface area contributed by atoms with E-state index in [0.717, 1.165) is 30.9 Å². The SMILES string of the molecule is O=C1CCC(N2Cc3cc(NC(=O)N4CCc5cc(C6COC6)ccc54)ccc3C2=O)C(=O)N1. The van der Waals surface area contributed by atoms with Gasteiger partial charge in [-0.15, -0.1) is 0 Å². The summed E-state index contributed by atoms with van der Waals surface area (Å²) in [4.78, 5) is 52.8. The number of carbonyl (C=O) groups excluding carboxylic acids is 4. The highest BCUT2D eigenvalue weighted by molar-refractivity contribution is 6.06. The molecule has 2 fully saturated rings. The Hall–Kier alpha value is -3.72. The fraction of sp³-hybridized carbons (Fsp3) is 0.360. The Morgan fingerprint density at radius 1 is 1.03 bits per heavy atom. The van der Waals surface area contributed by atoms with Crippen molar-refractivity contribution in [3.63, 3.8) is 0 Å². The molecular formula is C25H24N4O5. The van der Waals surface area contributed by atoms with Crippen LogP contribution >= 0.6 is 0 Å². The van der Waals surface area contributed by atoms with Gasteiger partial charge in [0.25, 0.3) is 5.91 Å².